The molecule has 0 bridgehead atoms. The standard InChI is InChI=1S/C18H21NO4S2/c1-12(2)23-14-7-4-6-13(10-14)11-15-17(21)19(18(24)25-15)9-5-8-16(20)22-3/h4,6-7,10-12H,5,8-9H2,1-3H3/b15-11+. The molecule has 1 aromatic rings. The lowest BCUT2D eigenvalue weighted by Crippen LogP contribution is -2.29. The molecular weight excluding hydrogens is 358 g/mol. The summed E-state index contributed by atoms with van der Waals surface area (Å²) in [5.41, 5.74) is 0.883. The van der Waals surface area contributed by atoms with Crippen molar-refractivity contribution in [2.45, 2.75) is 32.8 Å². The third-order valence-corrected chi connectivity index (χ3v) is 4.77. The Morgan fingerprint density at radius 3 is 2.84 bits per heavy atom. The number of hydrogen-bond acceptors (Lipinski definition) is 6. The summed E-state index contributed by atoms with van der Waals surface area (Å²) in [6.07, 6.45) is 2.68. The monoisotopic (exact) mass is 379 g/mol. The van der Waals surface area contributed by atoms with Crippen LogP contribution in [0.5, 0.6) is 5.75 Å². The molecule has 7 heteroatoms. The molecule has 0 saturated carbocycles. The Hall–Kier alpha value is -1.86. The SMILES string of the molecule is COC(=O)CCCN1C(=O)/C(=C\c2cccc(OC(C)C)c2)SC1=S. The molecule has 0 N–H and O–H groups in total. The highest BCUT2D eigenvalue weighted by molar-refractivity contribution is 8.26. The van der Waals surface area contributed by atoms with Crippen LogP contribution in [0.25, 0.3) is 6.08 Å². The Labute approximate surface area is 157 Å². The van der Waals surface area contributed by atoms with Crippen LogP contribution in [0.3, 0.4) is 0 Å². The number of ether oxygens (including phenoxy) is 2. The number of carbonyl (C=O) groups is 2. The Bertz CT molecular complexity index is 700. The van der Waals surface area contributed by atoms with Crippen molar-refractivity contribution in [1.29, 1.82) is 0 Å². The van der Waals surface area contributed by atoms with Gasteiger partial charge in [-0.3, -0.25) is 14.5 Å². The maximum absolute atomic E-state index is 12.5. The first-order valence-corrected chi connectivity index (χ1v) is 9.22. The zero-order valence-electron chi connectivity index (χ0n) is 14.5. The number of nitrogens with zero attached hydrogens (tertiary/aromatic N) is 1. The maximum atomic E-state index is 12.5. The fraction of sp³-hybridized carbons (Fsp3) is 0.389. The van der Waals surface area contributed by atoms with Gasteiger partial charge < -0.3 is 9.47 Å². The van der Waals surface area contributed by atoms with Crippen LogP contribution in [0.1, 0.15) is 32.3 Å². The highest BCUT2D eigenvalue weighted by Crippen LogP contribution is 2.33. The van der Waals surface area contributed by atoms with E-state index in [2.05, 4.69) is 4.74 Å². The molecule has 1 heterocycles. The van der Waals surface area contributed by atoms with Crippen molar-refractivity contribution in [3.05, 3.63) is 34.7 Å². The summed E-state index contributed by atoms with van der Waals surface area (Å²) in [5.74, 6) is 0.343. The maximum Gasteiger partial charge on any atom is 0.305 e. The lowest BCUT2D eigenvalue weighted by molar-refractivity contribution is -0.141. The van der Waals surface area contributed by atoms with Crippen LogP contribution in [-0.2, 0) is 14.3 Å². The van der Waals surface area contributed by atoms with E-state index in [-0.39, 0.29) is 24.4 Å². The third kappa shape index (κ3) is 5.57. The molecule has 1 amide bonds. The fourth-order valence-corrected chi connectivity index (χ4v) is 3.59. The zero-order chi connectivity index (χ0) is 18.4. The molecular formula is C18H21NO4S2. The van der Waals surface area contributed by atoms with Crippen LogP contribution in [-0.4, -0.2) is 40.9 Å². The summed E-state index contributed by atoms with van der Waals surface area (Å²) in [7, 11) is 1.35. The second-order valence-corrected chi connectivity index (χ2v) is 7.43. The largest absolute Gasteiger partial charge is 0.491 e. The van der Waals surface area contributed by atoms with Gasteiger partial charge in [0.1, 0.15) is 10.1 Å². The summed E-state index contributed by atoms with van der Waals surface area (Å²) in [6.45, 7) is 4.34. The summed E-state index contributed by atoms with van der Waals surface area (Å²) < 4.78 is 10.8. The van der Waals surface area contributed by atoms with E-state index in [1.165, 1.54) is 23.8 Å². The van der Waals surface area contributed by atoms with Gasteiger partial charge in [-0.2, -0.15) is 0 Å². The van der Waals surface area contributed by atoms with Gasteiger partial charge in [-0.25, -0.2) is 0 Å². The first-order valence-electron chi connectivity index (χ1n) is 7.99. The number of benzene rings is 1. The molecule has 134 valence electrons. The van der Waals surface area contributed by atoms with Crippen LogP contribution in [0.2, 0.25) is 0 Å². The second kappa shape index (κ2) is 9.01. The molecule has 1 fully saturated rings. The van der Waals surface area contributed by atoms with E-state index in [9.17, 15) is 9.59 Å². The number of thioether (sulfide) groups is 1. The summed E-state index contributed by atoms with van der Waals surface area (Å²) in [5, 5.41) is 0. The van der Waals surface area contributed by atoms with Crippen molar-refractivity contribution >= 4 is 46.3 Å². The number of amides is 1. The molecule has 0 aromatic heterocycles. The lowest BCUT2D eigenvalue weighted by atomic mass is 10.2. The van der Waals surface area contributed by atoms with Crippen LogP contribution >= 0.6 is 24.0 Å². The second-order valence-electron chi connectivity index (χ2n) is 5.75. The van der Waals surface area contributed by atoms with Gasteiger partial charge >= 0.3 is 5.97 Å². The highest BCUT2D eigenvalue weighted by Gasteiger charge is 2.31. The third-order valence-electron chi connectivity index (χ3n) is 3.39. The van der Waals surface area contributed by atoms with Gasteiger partial charge in [0.05, 0.1) is 18.1 Å². The molecule has 0 unspecified atom stereocenters. The first kappa shape index (κ1) is 19.5. The Balaban J connectivity index is 2.05. The molecule has 0 radical (unpaired) electrons. The van der Waals surface area contributed by atoms with E-state index in [4.69, 9.17) is 17.0 Å². The quantitative estimate of drug-likeness (QED) is 0.410. The normalized spacial score (nSPS) is 16.0. The number of esters is 1. The van der Waals surface area contributed by atoms with Crippen molar-refractivity contribution in [3.63, 3.8) is 0 Å². The number of carbonyl (C=O) groups excluding carboxylic acids is 2. The van der Waals surface area contributed by atoms with E-state index in [0.29, 0.717) is 22.2 Å². The number of methoxy groups -OCH3 is 1. The predicted octanol–water partition coefficient (Wildman–Crippen LogP) is 3.63. The van der Waals surface area contributed by atoms with Crippen molar-refractivity contribution in [1.82, 2.24) is 4.90 Å². The number of thiocarbonyl (C=S) groups is 1. The van der Waals surface area contributed by atoms with Gasteiger partial charge in [-0.15, -0.1) is 0 Å². The smallest absolute Gasteiger partial charge is 0.305 e. The molecule has 1 aliphatic rings. The minimum atomic E-state index is -0.289. The molecule has 5 nitrogen and oxygen atoms in total. The molecule has 2 rings (SSSR count). The van der Waals surface area contributed by atoms with Crippen LogP contribution in [0, 0.1) is 0 Å². The average Bonchev–Trinajstić information content (AvgIpc) is 2.81. The van der Waals surface area contributed by atoms with E-state index >= 15 is 0 Å². The average molecular weight is 380 g/mol. The van der Waals surface area contributed by atoms with Crippen molar-refractivity contribution in [3.8, 4) is 5.75 Å². The highest BCUT2D eigenvalue weighted by atomic mass is 32.2. The molecule has 1 aliphatic heterocycles. The molecule has 0 spiro atoms. The molecule has 1 saturated heterocycles. The Morgan fingerprint density at radius 2 is 2.16 bits per heavy atom. The number of hydrogen-bond donors (Lipinski definition) is 0. The summed E-state index contributed by atoms with van der Waals surface area (Å²) >= 11 is 6.56. The van der Waals surface area contributed by atoms with Gasteiger partial charge in [0.15, 0.2) is 0 Å². The van der Waals surface area contributed by atoms with E-state index in [1.54, 1.807) is 0 Å². The number of rotatable bonds is 7. The van der Waals surface area contributed by atoms with Crippen LogP contribution < -0.4 is 4.74 Å². The van der Waals surface area contributed by atoms with E-state index in [1.807, 2.05) is 44.2 Å². The van der Waals surface area contributed by atoms with E-state index in [0.717, 1.165) is 11.3 Å². The van der Waals surface area contributed by atoms with E-state index < -0.39 is 0 Å². The summed E-state index contributed by atoms with van der Waals surface area (Å²) in [4.78, 5) is 25.8. The zero-order valence-corrected chi connectivity index (χ0v) is 16.1. The van der Waals surface area contributed by atoms with Gasteiger partial charge in [-0.05, 0) is 44.0 Å². The minimum absolute atomic E-state index is 0.0864. The Kier molecular flexibility index (Phi) is 7.01. The van der Waals surface area contributed by atoms with Crippen molar-refractivity contribution in [2.75, 3.05) is 13.7 Å². The fourth-order valence-electron chi connectivity index (χ4n) is 2.28. The van der Waals surface area contributed by atoms with Crippen LogP contribution in [0.15, 0.2) is 29.2 Å². The molecule has 1 aromatic carbocycles. The van der Waals surface area contributed by atoms with Crippen LogP contribution in [0.4, 0.5) is 0 Å². The minimum Gasteiger partial charge on any atom is -0.491 e. The van der Waals surface area contributed by atoms with Crippen molar-refractivity contribution in [2.24, 2.45) is 0 Å². The molecule has 0 aliphatic carbocycles. The molecule has 0 atom stereocenters. The first-order chi connectivity index (χ1) is 11.9. The van der Waals surface area contributed by atoms with Gasteiger partial charge in [0.25, 0.3) is 5.91 Å². The van der Waals surface area contributed by atoms with Gasteiger partial charge in [-0.1, -0.05) is 36.1 Å². The van der Waals surface area contributed by atoms with Gasteiger partial charge in [0, 0.05) is 13.0 Å². The molecule has 25 heavy (non-hydrogen) atoms. The van der Waals surface area contributed by atoms with Gasteiger partial charge in [0.2, 0.25) is 0 Å². The Morgan fingerprint density at radius 1 is 1.40 bits per heavy atom. The van der Waals surface area contributed by atoms with Crippen molar-refractivity contribution < 1.29 is 19.1 Å². The topological polar surface area (TPSA) is 55.8 Å². The lowest BCUT2D eigenvalue weighted by Gasteiger charge is -2.13. The summed E-state index contributed by atoms with van der Waals surface area (Å²) in [6, 6.07) is 7.58. The predicted molar refractivity (Wildman–Crippen MR) is 103 cm³/mol.